The molecule has 1 heterocycles. The van der Waals surface area contributed by atoms with Gasteiger partial charge in [0, 0.05) is 12.5 Å². The monoisotopic (exact) mass is 332 g/mol. The van der Waals surface area contributed by atoms with Gasteiger partial charge in [-0.25, -0.2) is 0 Å². The normalized spacial score (nSPS) is 17.6. The minimum atomic E-state index is -0.402. The number of benzene rings is 1. The highest BCUT2D eigenvalue weighted by molar-refractivity contribution is 6.05. The van der Waals surface area contributed by atoms with Gasteiger partial charge in [-0.15, -0.1) is 0 Å². The lowest BCUT2D eigenvalue weighted by Gasteiger charge is -2.27. The number of hydrogen-bond acceptors (Lipinski definition) is 4. The van der Waals surface area contributed by atoms with Crippen molar-refractivity contribution in [3.63, 3.8) is 0 Å². The summed E-state index contributed by atoms with van der Waals surface area (Å²) >= 11 is 0. The Morgan fingerprint density at radius 2 is 1.96 bits per heavy atom. The van der Waals surface area contributed by atoms with E-state index in [0.717, 1.165) is 0 Å². The van der Waals surface area contributed by atoms with E-state index in [9.17, 15) is 14.4 Å². The first kappa shape index (κ1) is 18.0. The van der Waals surface area contributed by atoms with E-state index < -0.39 is 5.97 Å². The van der Waals surface area contributed by atoms with Gasteiger partial charge < -0.3 is 15.0 Å². The third-order valence-corrected chi connectivity index (χ3v) is 3.66. The van der Waals surface area contributed by atoms with Crippen LogP contribution in [0, 0.1) is 5.41 Å². The predicted molar refractivity (Wildman–Crippen MR) is 91.7 cm³/mol. The van der Waals surface area contributed by atoms with Crippen LogP contribution in [0.1, 0.15) is 40.5 Å². The number of esters is 1. The zero-order valence-electron chi connectivity index (χ0n) is 14.6. The molecule has 0 saturated heterocycles. The summed E-state index contributed by atoms with van der Waals surface area (Å²) in [5.41, 5.74) is 1.01. The Morgan fingerprint density at radius 3 is 2.62 bits per heavy atom. The van der Waals surface area contributed by atoms with Gasteiger partial charge in [0.05, 0.1) is 17.8 Å². The van der Waals surface area contributed by atoms with Crippen molar-refractivity contribution in [2.45, 2.75) is 46.6 Å². The number of carbonyl (C=O) groups excluding carboxylic acids is 3. The Bertz CT molecular complexity index is 649. The largest absolute Gasteiger partial charge is 0.456 e. The average Bonchev–Trinajstić information content (AvgIpc) is 2.57. The Balaban J connectivity index is 2.13. The number of anilines is 2. The molecule has 1 aromatic carbocycles. The van der Waals surface area contributed by atoms with Crippen LogP contribution in [0.2, 0.25) is 0 Å². The van der Waals surface area contributed by atoms with Crippen molar-refractivity contribution >= 4 is 29.2 Å². The van der Waals surface area contributed by atoms with Crippen molar-refractivity contribution in [3.8, 4) is 0 Å². The molecule has 0 aromatic heterocycles. The number of ether oxygens (including phenoxy) is 1. The van der Waals surface area contributed by atoms with E-state index in [1.54, 1.807) is 31.2 Å². The molecule has 24 heavy (non-hydrogen) atoms. The van der Waals surface area contributed by atoms with Crippen molar-refractivity contribution in [1.29, 1.82) is 0 Å². The molecule has 1 N–H and O–H groups in total. The first-order valence-electron chi connectivity index (χ1n) is 8.04. The van der Waals surface area contributed by atoms with Crippen LogP contribution >= 0.6 is 0 Å². The molecule has 0 bridgehead atoms. The number of carbonyl (C=O) groups is 3. The van der Waals surface area contributed by atoms with Crippen LogP contribution in [0.25, 0.3) is 0 Å². The van der Waals surface area contributed by atoms with Gasteiger partial charge in [0.15, 0.2) is 6.61 Å². The van der Waals surface area contributed by atoms with Crippen LogP contribution in [-0.2, 0) is 19.1 Å². The summed E-state index contributed by atoms with van der Waals surface area (Å²) in [6, 6.07) is 6.79. The van der Waals surface area contributed by atoms with Crippen molar-refractivity contribution in [2.75, 3.05) is 16.8 Å². The van der Waals surface area contributed by atoms with Crippen molar-refractivity contribution < 1.29 is 19.1 Å². The Hall–Kier alpha value is -2.37. The SMILES string of the molecule is C[C@@H]1CC(=O)Nc2ccccc2N1C(=O)COC(=O)CC(C)(C)C. The predicted octanol–water partition coefficient (Wildman–Crippen LogP) is 2.73. The minimum absolute atomic E-state index is 0.144. The molecule has 0 aliphatic carbocycles. The number of fused-ring (bicyclic) bond motifs is 1. The summed E-state index contributed by atoms with van der Waals surface area (Å²) in [7, 11) is 0. The number of hydrogen-bond donors (Lipinski definition) is 1. The second kappa shape index (κ2) is 7.03. The quantitative estimate of drug-likeness (QED) is 0.864. The molecule has 1 aromatic rings. The van der Waals surface area contributed by atoms with E-state index in [0.29, 0.717) is 11.4 Å². The van der Waals surface area contributed by atoms with E-state index in [-0.39, 0.29) is 42.7 Å². The number of amides is 2. The zero-order chi connectivity index (χ0) is 17.9. The lowest BCUT2D eigenvalue weighted by Crippen LogP contribution is -2.41. The van der Waals surface area contributed by atoms with Gasteiger partial charge in [0.1, 0.15) is 0 Å². The average molecular weight is 332 g/mol. The number of para-hydroxylation sites is 2. The van der Waals surface area contributed by atoms with Gasteiger partial charge in [-0.2, -0.15) is 0 Å². The smallest absolute Gasteiger partial charge is 0.306 e. The molecule has 0 unspecified atom stereocenters. The summed E-state index contributed by atoms with van der Waals surface area (Å²) in [5.74, 6) is -0.885. The fraction of sp³-hybridized carbons (Fsp3) is 0.500. The molecule has 6 heteroatoms. The second-order valence-corrected chi connectivity index (χ2v) is 7.28. The fourth-order valence-corrected chi connectivity index (χ4v) is 2.66. The molecule has 0 radical (unpaired) electrons. The Morgan fingerprint density at radius 1 is 1.29 bits per heavy atom. The molecule has 6 nitrogen and oxygen atoms in total. The number of rotatable bonds is 3. The highest BCUT2D eigenvalue weighted by atomic mass is 16.5. The molecular formula is C18H24N2O4. The van der Waals surface area contributed by atoms with Gasteiger partial charge in [-0.05, 0) is 24.5 Å². The maximum atomic E-state index is 12.6. The van der Waals surface area contributed by atoms with Gasteiger partial charge >= 0.3 is 5.97 Å². The van der Waals surface area contributed by atoms with Crippen LogP contribution < -0.4 is 10.2 Å². The molecule has 1 aliphatic rings. The van der Waals surface area contributed by atoms with Gasteiger partial charge in [0.25, 0.3) is 5.91 Å². The molecule has 2 amide bonds. The van der Waals surface area contributed by atoms with Crippen molar-refractivity contribution in [3.05, 3.63) is 24.3 Å². The first-order chi connectivity index (χ1) is 11.2. The Labute approximate surface area is 142 Å². The maximum absolute atomic E-state index is 12.6. The van der Waals surface area contributed by atoms with E-state index in [2.05, 4.69) is 5.32 Å². The number of nitrogens with one attached hydrogen (secondary N) is 1. The van der Waals surface area contributed by atoms with E-state index >= 15 is 0 Å². The van der Waals surface area contributed by atoms with Crippen LogP contribution in [0.3, 0.4) is 0 Å². The van der Waals surface area contributed by atoms with Gasteiger partial charge in [-0.3, -0.25) is 14.4 Å². The van der Waals surface area contributed by atoms with Crippen molar-refractivity contribution in [1.82, 2.24) is 0 Å². The molecule has 0 spiro atoms. The Kier molecular flexibility index (Phi) is 5.26. The summed E-state index contributed by atoms with van der Waals surface area (Å²) in [5, 5.41) is 2.79. The first-order valence-corrected chi connectivity index (χ1v) is 8.04. The van der Waals surface area contributed by atoms with Crippen molar-refractivity contribution in [2.24, 2.45) is 5.41 Å². The van der Waals surface area contributed by atoms with Gasteiger partial charge in [-0.1, -0.05) is 32.9 Å². The molecule has 0 fully saturated rings. The lowest BCUT2D eigenvalue weighted by molar-refractivity contribution is -0.149. The molecule has 130 valence electrons. The summed E-state index contributed by atoms with van der Waals surface area (Å²) in [4.78, 5) is 37.9. The fourth-order valence-electron chi connectivity index (χ4n) is 2.66. The standard InChI is InChI=1S/C18H24N2O4/c1-12-9-15(21)19-13-7-5-6-8-14(13)20(12)16(22)11-24-17(23)10-18(2,3)4/h5-8,12H,9-11H2,1-4H3,(H,19,21)/t12-/m1/s1. The highest BCUT2D eigenvalue weighted by Gasteiger charge is 2.30. The molecular weight excluding hydrogens is 308 g/mol. The summed E-state index contributed by atoms with van der Waals surface area (Å²) in [6.07, 6.45) is 0.433. The number of nitrogens with zero attached hydrogens (tertiary/aromatic N) is 1. The van der Waals surface area contributed by atoms with E-state index in [1.807, 2.05) is 20.8 Å². The van der Waals surface area contributed by atoms with E-state index in [4.69, 9.17) is 4.74 Å². The third-order valence-electron chi connectivity index (χ3n) is 3.66. The summed E-state index contributed by atoms with van der Waals surface area (Å²) < 4.78 is 5.13. The maximum Gasteiger partial charge on any atom is 0.306 e. The molecule has 1 aliphatic heterocycles. The zero-order valence-corrected chi connectivity index (χ0v) is 14.6. The topological polar surface area (TPSA) is 75.7 Å². The van der Waals surface area contributed by atoms with Crippen LogP contribution in [-0.4, -0.2) is 30.4 Å². The molecule has 1 atom stereocenters. The lowest BCUT2D eigenvalue weighted by atomic mass is 9.92. The van der Waals surface area contributed by atoms with Gasteiger partial charge in [0.2, 0.25) is 5.91 Å². The third kappa shape index (κ3) is 4.57. The second-order valence-electron chi connectivity index (χ2n) is 7.28. The van der Waals surface area contributed by atoms with E-state index in [1.165, 1.54) is 4.90 Å². The highest BCUT2D eigenvalue weighted by Crippen LogP contribution is 2.31. The molecule has 0 saturated carbocycles. The van der Waals surface area contributed by atoms with Crippen LogP contribution in [0.4, 0.5) is 11.4 Å². The molecule has 2 rings (SSSR count). The van der Waals surface area contributed by atoms with Crippen LogP contribution in [0.5, 0.6) is 0 Å². The minimum Gasteiger partial charge on any atom is -0.456 e. The summed E-state index contributed by atoms with van der Waals surface area (Å²) in [6.45, 7) is 7.26. The van der Waals surface area contributed by atoms with Crippen LogP contribution in [0.15, 0.2) is 24.3 Å².